The topological polar surface area (TPSA) is 52.3 Å². The van der Waals surface area contributed by atoms with Gasteiger partial charge in [-0.15, -0.1) is 0 Å². The molecule has 0 aromatic carbocycles. The van der Waals surface area contributed by atoms with Crippen LogP contribution in [0.2, 0.25) is 0 Å². The molecule has 1 aliphatic rings. The second-order valence-corrected chi connectivity index (χ2v) is 2.59. The molecule has 1 rings (SSSR count). The first-order valence-electron chi connectivity index (χ1n) is 3.71. The standard InChI is InChI=1S/C5H11NO.C2H4OS.H2/c6-4-5-2-1-3-7-5;3-1-2-4;/h5H,1-4,6H2;1,4H,2H2;1H/t5-;;/m1../s1. The van der Waals surface area contributed by atoms with Crippen LogP contribution in [0, 0.1) is 0 Å². The predicted octanol–water partition coefficient (Wildman–Crippen LogP) is 0.485. The average Bonchev–Trinajstić information content (AvgIpc) is 2.56. The van der Waals surface area contributed by atoms with Crippen molar-refractivity contribution in [3.63, 3.8) is 0 Å². The molecule has 1 saturated heterocycles. The minimum Gasteiger partial charge on any atom is -0.377 e. The number of carbonyl (C=O) groups is 1. The third kappa shape index (κ3) is 6.34. The summed E-state index contributed by atoms with van der Waals surface area (Å²) in [6.45, 7) is 1.61. The van der Waals surface area contributed by atoms with E-state index in [0.717, 1.165) is 19.3 Å². The summed E-state index contributed by atoms with van der Waals surface area (Å²) in [5, 5.41) is 0. The lowest BCUT2D eigenvalue weighted by Crippen LogP contribution is -2.17. The van der Waals surface area contributed by atoms with E-state index in [1.165, 1.54) is 6.42 Å². The fraction of sp³-hybridized carbons (Fsp3) is 0.857. The number of hydrogen-bond acceptors (Lipinski definition) is 4. The fourth-order valence-corrected chi connectivity index (χ4v) is 0.830. The van der Waals surface area contributed by atoms with Gasteiger partial charge in [-0.25, -0.2) is 0 Å². The van der Waals surface area contributed by atoms with E-state index in [1.54, 1.807) is 0 Å². The number of hydrogen-bond donors (Lipinski definition) is 2. The Balaban J connectivity index is 0. The Morgan fingerprint density at radius 3 is 2.64 bits per heavy atom. The number of carbonyl (C=O) groups excluding carboxylic acids is 1. The Labute approximate surface area is 74.2 Å². The molecule has 0 amide bonds. The second kappa shape index (κ2) is 8.04. The fourth-order valence-electron chi connectivity index (χ4n) is 0.830. The summed E-state index contributed by atoms with van der Waals surface area (Å²) in [6.07, 6.45) is 3.47. The zero-order valence-corrected chi connectivity index (χ0v) is 7.43. The minimum absolute atomic E-state index is 0. The highest BCUT2D eigenvalue weighted by Gasteiger charge is 2.11. The first kappa shape index (κ1) is 10.9. The zero-order valence-electron chi connectivity index (χ0n) is 6.53. The van der Waals surface area contributed by atoms with Crippen molar-refractivity contribution in [2.45, 2.75) is 18.9 Å². The van der Waals surface area contributed by atoms with E-state index >= 15 is 0 Å². The first-order valence-corrected chi connectivity index (χ1v) is 4.34. The Hall–Kier alpha value is -0.0600. The molecule has 0 aliphatic carbocycles. The zero-order chi connectivity index (χ0) is 8.53. The summed E-state index contributed by atoms with van der Waals surface area (Å²) in [5.74, 6) is 0.333. The molecule has 4 heteroatoms. The van der Waals surface area contributed by atoms with Crippen molar-refractivity contribution in [3.8, 4) is 0 Å². The quantitative estimate of drug-likeness (QED) is 0.479. The molecular formula is C7H17NO2S. The number of nitrogens with two attached hydrogens (primary N) is 1. The smallest absolute Gasteiger partial charge is 0.129 e. The molecule has 0 spiro atoms. The van der Waals surface area contributed by atoms with E-state index in [2.05, 4.69) is 12.6 Å². The summed E-state index contributed by atoms with van der Waals surface area (Å²) in [6, 6.07) is 0. The van der Waals surface area contributed by atoms with E-state index in [0.29, 0.717) is 18.4 Å². The van der Waals surface area contributed by atoms with Gasteiger partial charge in [0.05, 0.1) is 6.10 Å². The van der Waals surface area contributed by atoms with E-state index in [1.807, 2.05) is 0 Å². The molecule has 0 aromatic rings. The SMILES string of the molecule is NC[C@H]1CCCO1.O=CCS.[HH]. The van der Waals surface area contributed by atoms with Gasteiger partial charge in [0.2, 0.25) is 0 Å². The van der Waals surface area contributed by atoms with Crippen molar-refractivity contribution in [3.05, 3.63) is 0 Å². The normalized spacial score (nSPS) is 22.2. The molecule has 0 bridgehead atoms. The van der Waals surface area contributed by atoms with Gasteiger partial charge in [0.1, 0.15) is 6.29 Å². The molecule has 0 radical (unpaired) electrons. The van der Waals surface area contributed by atoms with Crippen LogP contribution < -0.4 is 5.73 Å². The summed E-state index contributed by atoms with van der Waals surface area (Å²) in [7, 11) is 0. The molecule has 1 heterocycles. The van der Waals surface area contributed by atoms with Crippen molar-refractivity contribution < 1.29 is 11.0 Å². The van der Waals surface area contributed by atoms with E-state index in [9.17, 15) is 0 Å². The van der Waals surface area contributed by atoms with Crippen molar-refractivity contribution in [2.24, 2.45) is 5.73 Å². The molecule has 3 nitrogen and oxygen atoms in total. The van der Waals surface area contributed by atoms with Gasteiger partial charge in [0.15, 0.2) is 0 Å². The van der Waals surface area contributed by atoms with Crippen LogP contribution >= 0.6 is 12.6 Å². The lowest BCUT2D eigenvalue weighted by molar-refractivity contribution is -0.105. The van der Waals surface area contributed by atoms with Crippen LogP contribution in [0.15, 0.2) is 0 Å². The van der Waals surface area contributed by atoms with Crippen molar-refractivity contribution >= 4 is 18.9 Å². The number of ether oxygens (including phenoxy) is 1. The van der Waals surface area contributed by atoms with Crippen LogP contribution in [0.3, 0.4) is 0 Å². The molecule has 68 valence electrons. The lowest BCUT2D eigenvalue weighted by atomic mass is 10.2. The monoisotopic (exact) mass is 179 g/mol. The van der Waals surface area contributed by atoms with Crippen LogP contribution in [0.1, 0.15) is 14.3 Å². The van der Waals surface area contributed by atoms with Crippen LogP contribution in [0.25, 0.3) is 0 Å². The first-order chi connectivity index (χ1) is 5.35. The average molecular weight is 179 g/mol. The van der Waals surface area contributed by atoms with E-state index in [4.69, 9.17) is 15.3 Å². The predicted molar refractivity (Wildman–Crippen MR) is 50.1 cm³/mol. The van der Waals surface area contributed by atoms with Gasteiger partial charge in [-0.3, -0.25) is 0 Å². The molecule has 0 unspecified atom stereocenters. The highest BCUT2D eigenvalue weighted by Crippen LogP contribution is 2.09. The Kier molecular flexibility index (Phi) is 8.00. The molecular weight excluding hydrogens is 162 g/mol. The number of thiol groups is 1. The molecule has 1 atom stereocenters. The van der Waals surface area contributed by atoms with E-state index < -0.39 is 0 Å². The highest BCUT2D eigenvalue weighted by atomic mass is 32.1. The van der Waals surface area contributed by atoms with Crippen LogP contribution in [-0.2, 0) is 9.53 Å². The maximum absolute atomic E-state index is 9.10. The molecule has 0 aromatic heterocycles. The van der Waals surface area contributed by atoms with Crippen LogP contribution in [-0.4, -0.2) is 31.3 Å². The van der Waals surface area contributed by atoms with Gasteiger partial charge in [-0.05, 0) is 12.8 Å². The van der Waals surface area contributed by atoms with Gasteiger partial charge in [-0.2, -0.15) is 12.6 Å². The largest absolute Gasteiger partial charge is 0.377 e. The molecule has 0 saturated carbocycles. The van der Waals surface area contributed by atoms with Gasteiger partial charge < -0.3 is 15.3 Å². The molecule has 1 fully saturated rings. The Bertz CT molecular complexity index is 99.4. The summed E-state index contributed by atoms with van der Waals surface area (Å²) in [4.78, 5) is 9.10. The molecule has 1 aliphatic heterocycles. The Morgan fingerprint density at radius 2 is 2.45 bits per heavy atom. The number of aldehydes is 1. The van der Waals surface area contributed by atoms with Crippen molar-refractivity contribution in [2.75, 3.05) is 18.9 Å². The maximum Gasteiger partial charge on any atom is 0.129 e. The highest BCUT2D eigenvalue weighted by molar-refractivity contribution is 7.80. The minimum atomic E-state index is 0. The third-order valence-corrected chi connectivity index (χ3v) is 1.51. The lowest BCUT2D eigenvalue weighted by Gasteiger charge is -2.01. The summed E-state index contributed by atoms with van der Waals surface area (Å²) in [5.41, 5.74) is 5.31. The van der Waals surface area contributed by atoms with Crippen molar-refractivity contribution in [1.29, 1.82) is 0 Å². The van der Waals surface area contributed by atoms with E-state index in [-0.39, 0.29) is 1.43 Å². The maximum atomic E-state index is 9.10. The summed E-state index contributed by atoms with van der Waals surface area (Å²) < 4.78 is 5.18. The van der Waals surface area contributed by atoms with Crippen LogP contribution in [0.5, 0.6) is 0 Å². The summed E-state index contributed by atoms with van der Waals surface area (Å²) >= 11 is 3.55. The van der Waals surface area contributed by atoms with Gasteiger partial charge in [0, 0.05) is 20.3 Å². The van der Waals surface area contributed by atoms with Crippen LogP contribution in [0.4, 0.5) is 0 Å². The number of rotatable bonds is 2. The Morgan fingerprint density at radius 1 is 1.82 bits per heavy atom. The molecule has 11 heavy (non-hydrogen) atoms. The van der Waals surface area contributed by atoms with Gasteiger partial charge >= 0.3 is 0 Å². The third-order valence-electron chi connectivity index (χ3n) is 1.36. The molecule has 2 N–H and O–H groups in total. The van der Waals surface area contributed by atoms with Gasteiger partial charge in [-0.1, -0.05) is 0 Å². The van der Waals surface area contributed by atoms with Crippen molar-refractivity contribution in [1.82, 2.24) is 0 Å². The second-order valence-electron chi connectivity index (χ2n) is 2.22. The van der Waals surface area contributed by atoms with Gasteiger partial charge in [0.25, 0.3) is 0 Å².